The lowest BCUT2D eigenvalue weighted by molar-refractivity contribution is -0.00521. The van der Waals surface area contributed by atoms with Gasteiger partial charge in [-0.15, -0.1) is 0 Å². The van der Waals surface area contributed by atoms with Crippen LogP contribution < -0.4 is 16.4 Å². The van der Waals surface area contributed by atoms with Gasteiger partial charge in [0.25, 0.3) is 0 Å². The predicted octanol–water partition coefficient (Wildman–Crippen LogP) is 1.21. The molecule has 4 N–H and O–H groups in total. The third-order valence-electron chi connectivity index (χ3n) is 2.89. The number of benzene rings is 1. The summed E-state index contributed by atoms with van der Waals surface area (Å²) in [5.74, 6) is 0.0800. The number of nitrogens with two attached hydrogens (primary N) is 2. The minimum absolute atomic E-state index is 0.0800. The van der Waals surface area contributed by atoms with E-state index >= 15 is 0 Å². The Morgan fingerprint density at radius 2 is 1.72 bits per heavy atom. The van der Waals surface area contributed by atoms with E-state index in [2.05, 4.69) is 23.7 Å². The Labute approximate surface area is 107 Å². The standard InChI is InChI=1S/C13H20N4O/c1-9-7-17(8-10(2)18-9)12-5-3-11(4-6-12)16-13(14)15/h3-6,9-10H,7-8H2,1-2H3,(H4,14,15,16)/t9-,10+. The molecule has 98 valence electrons. The molecular formula is C13H20N4O. The monoisotopic (exact) mass is 248 g/mol. The van der Waals surface area contributed by atoms with Crippen LogP contribution in [0.4, 0.5) is 11.4 Å². The summed E-state index contributed by atoms with van der Waals surface area (Å²) < 4.78 is 5.72. The number of hydrogen-bond acceptors (Lipinski definition) is 3. The molecule has 1 heterocycles. The predicted molar refractivity (Wildman–Crippen MR) is 74.1 cm³/mol. The minimum Gasteiger partial charge on any atom is -0.372 e. The molecule has 1 aromatic carbocycles. The van der Waals surface area contributed by atoms with Crippen LogP contribution >= 0.6 is 0 Å². The van der Waals surface area contributed by atoms with Crippen molar-refractivity contribution in [2.45, 2.75) is 26.1 Å². The van der Waals surface area contributed by atoms with Crippen molar-refractivity contribution in [3.8, 4) is 0 Å². The molecule has 5 nitrogen and oxygen atoms in total. The fourth-order valence-electron chi connectivity index (χ4n) is 2.28. The molecule has 5 heteroatoms. The second kappa shape index (κ2) is 5.27. The largest absolute Gasteiger partial charge is 0.372 e. The number of rotatable bonds is 2. The van der Waals surface area contributed by atoms with E-state index < -0.39 is 0 Å². The van der Waals surface area contributed by atoms with Crippen LogP contribution in [-0.2, 0) is 4.74 Å². The van der Waals surface area contributed by atoms with Crippen molar-refractivity contribution in [2.75, 3.05) is 18.0 Å². The molecule has 1 fully saturated rings. The average Bonchev–Trinajstić information content (AvgIpc) is 2.27. The van der Waals surface area contributed by atoms with Crippen molar-refractivity contribution in [1.82, 2.24) is 0 Å². The van der Waals surface area contributed by atoms with E-state index in [1.807, 2.05) is 24.3 Å². The Morgan fingerprint density at radius 3 is 2.22 bits per heavy atom. The fourth-order valence-corrected chi connectivity index (χ4v) is 2.28. The van der Waals surface area contributed by atoms with Gasteiger partial charge in [0, 0.05) is 18.8 Å². The number of ether oxygens (including phenoxy) is 1. The summed E-state index contributed by atoms with van der Waals surface area (Å²) >= 11 is 0. The first kappa shape index (κ1) is 12.7. The zero-order chi connectivity index (χ0) is 13.1. The number of hydrogen-bond donors (Lipinski definition) is 2. The van der Waals surface area contributed by atoms with Crippen molar-refractivity contribution < 1.29 is 4.74 Å². The molecule has 0 saturated carbocycles. The SMILES string of the molecule is C[C@@H]1CN(c2ccc(N=C(N)N)cc2)C[C@H](C)O1. The van der Waals surface area contributed by atoms with Crippen molar-refractivity contribution in [1.29, 1.82) is 0 Å². The highest BCUT2D eigenvalue weighted by atomic mass is 16.5. The number of anilines is 1. The lowest BCUT2D eigenvalue weighted by Gasteiger charge is -2.36. The average molecular weight is 248 g/mol. The van der Waals surface area contributed by atoms with Crippen LogP contribution in [0, 0.1) is 0 Å². The van der Waals surface area contributed by atoms with Gasteiger partial charge in [0.1, 0.15) is 0 Å². The fraction of sp³-hybridized carbons (Fsp3) is 0.462. The Balaban J connectivity index is 2.11. The van der Waals surface area contributed by atoms with Gasteiger partial charge in [0.15, 0.2) is 5.96 Å². The van der Waals surface area contributed by atoms with Crippen molar-refractivity contribution >= 4 is 17.3 Å². The first-order chi connectivity index (χ1) is 8.54. The first-order valence-electron chi connectivity index (χ1n) is 6.14. The number of aliphatic imine (C=N–C) groups is 1. The van der Waals surface area contributed by atoms with E-state index in [4.69, 9.17) is 16.2 Å². The van der Waals surface area contributed by atoms with E-state index in [9.17, 15) is 0 Å². The molecule has 18 heavy (non-hydrogen) atoms. The molecule has 0 unspecified atom stereocenters. The maximum absolute atomic E-state index is 5.72. The van der Waals surface area contributed by atoms with Crippen molar-refractivity contribution in [3.05, 3.63) is 24.3 Å². The van der Waals surface area contributed by atoms with Gasteiger partial charge in [-0.05, 0) is 38.1 Å². The van der Waals surface area contributed by atoms with E-state index in [0.717, 1.165) is 18.8 Å². The maximum atomic E-state index is 5.72. The van der Waals surface area contributed by atoms with Crippen LogP contribution in [0.25, 0.3) is 0 Å². The molecule has 0 spiro atoms. The van der Waals surface area contributed by atoms with Crippen LogP contribution in [-0.4, -0.2) is 31.3 Å². The Kier molecular flexibility index (Phi) is 3.72. The van der Waals surface area contributed by atoms with Crippen LogP contribution in [0.5, 0.6) is 0 Å². The highest BCUT2D eigenvalue weighted by molar-refractivity contribution is 5.79. The van der Waals surface area contributed by atoms with Crippen LogP contribution in [0.1, 0.15) is 13.8 Å². The molecule has 1 aromatic rings. The smallest absolute Gasteiger partial charge is 0.191 e. The Bertz CT molecular complexity index is 415. The van der Waals surface area contributed by atoms with Gasteiger partial charge in [-0.25, -0.2) is 4.99 Å². The lowest BCUT2D eigenvalue weighted by atomic mass is 10.2. The van der Waals surface area contributed by atoms with E-state index in [0.29, 0.717) is 0 Å². The lowest BCUT2D eigenvalue weighted by Crippen LogP contribution is -2.45. The summed E-state index contributed by atoms with van der Waals surface area (Å²) in [4.78, 5) is 6.32. The summed E-state index contributed by atoms with van der Waals surface area (Å²) in [6, 6.07) is 7.90. The topological polar surface area (TPSA) is 76.9 Å². The summed E-state index contributed by atoms with van der Waals surface area (Å²) in [6.07, 6.45) is 0.511. The zero-order valence-corrected chi connectivity index (χ0v) is 10.8. The van der Waals surface area contributed by atoms with Gasteiger partial charge in [-0.2, -0.15) is 0 Å². The van der Waals surface area contributed by atoms with E-state index in [1.54, 1.807) is 0 Å². The normalized spacial score (nSPS) is 23.8. The molecule has 0 amide bonds. The second-order valence-corrected chi connectivity index (χ2v) is 4.72. The third kappa shape index (κ3) is 3.13. The van der Waals surface area contributed by atoms with Gasteiger partial charge in [-0.3, -0.25) is 0 Å². The van der Waals surface area contributed by atoms with Crippen LogP contribution in [0.2, 0.25) is 0 Å². The molecule has 1 saturated heterocycles. The van der Waals surface area contributed by atoms with Gasteiger partial charge in [-0.1, -0.05) is 0 Å². The molecule has 0 bridgehead atoms. The molecule has 0 aromatic heterocycles. The summed E-state index contributed by atoms with van der Waals surface area (Å²) in [7, 11) is 0. The second-order valence-electron chi connectivity index (χ2n) is 4.72. The Hall–Kier alpha value is -1.75. The zero-order valence-electron chi connectivity index (χ0n) is 10.8. The molecule has 2 atom stereocenters. The third-order valence-corrected chi connectivity index (χ3v) is 2.89. The van der Waals surface area contributed by atoms with Crippen LogP contribution in [0.15, 0.2) is 29.3 Å². The van der Waals surface area contributed by atoms with Crippen LogP contribution in [0.3, 0.4) is 0 Å². The molecule has 0 aliphatic carbocycles. The minimum atomic E-state index is 0.0800. The number of nitrogens with zero attached hydrogens (tertiary/aromatic N) is 2. The Morgan fingerprint density at radius 1 is 1.17 bits per heavy atom. The van der Waals surface area contributed by atoms with Gasteiger partial charge >= 0.3 is 0 Å². The van der Waals surface area contributed by atoms with Gasteiger partial charge in [0.2, 0.25) is 0 Å². The summed E-state index contributed by atoms with van der Waals surface area (Å²) in [5, 5.41) is 0. The van der Waals surface area contributed by atoms with E-state index in [1.165, 1.54) is 5.69 Å². The molecule has 1 aliphatic heterocycles. The molecule has 1 aliphatic rings. The highest BCUT2D eigenvalue weighted by Gasteiger charge is 2.22. The van der Waals surface area contributed by atoms with Gasteiger partial charge in [0.05, 0.1) is 17.9 Å². The maximum Gasteiger partial charge on any atom is 0.191 e. The highest BCUT2D eigenvalue weighted by Crippen LogP contribution is 2.23. The number of morpholine rings is 1. The quantitative estimate of drug-likeness (QED) is 0.609. The van der Waals surface area contributed by atoms with E-state index in [-0.39, 0.29) is 18.2 Å². The van der Waals surface area contributed by atoms with Crippen molar-refractivity contribution in [2.24, 2.45) is 16.5 Å². The summed E-state index contributed by atoms with van der Waals surface area (Å²) in [6.45, 7) is 6.00. The number of guanidine groups is 1. The summed E-state index contributed by atoms with van der Waals surface area (Å²) in [5.41, 5.74) is 12.6. The molecule has 0 radical (unpaired) electrons. The van der Waals surface area contributed by atoms with Gasteiger partial charge < -0.3 is 21.1 Å². The first-order valence-corrected chi connectivity index (χ1v) is 6.14. The molecule has 2 rings (SSSR count). The van der Waals surface area contributed by atoms with Crippen molar-refractivity contribution in [3.63, 3.8) is 0 Å². The molecular weight excluding hydrogens is 228 g/mol.